The van der Waals surface area contributed by atoms with E-state index in [1.54, 1.807) is 18.2 Å². The largest absolute Gasteiger partial charge is 0.478 e. The third-order valence-electron chi connectivity index (χ3n) is 15.5. The van der Waals surface area contributed by atoms with Gasteiger partial charge >= 0.3 is 5.97 Å². The Hall–Kier alpha value is -1.99. The molecule has 8 atom stereocenters. The zero-order chi connectivity index (χ0) is 37.7. The summed E-state index contributed by atoms with van der Waals surface area (Å²) in [5.41, 5.74) is 4.42. The van der Waals surface area contributed by atoms with Gasteiger partial charge < -0.3 is 20.6 Å². The van der Waals surface area contributed by atoms with E-state index in [2.05, 4.69) is 57.5 Å². The lowest BCUT2D eigenvalue weighted by atomic mass is 9.32. The van der Waals surface area contributed by atoms with Crippen molar-refractivity contribution in [2.75, 3.05) is 45.9 Å². The van der Waals surface area contributed by atoms with E-state index in [9.17, 15) is 20.1 Å². The SMILES string of the molecule is C=CC.CC.CC1(C)C(c2ccc(C(=O)O)cc2)=CCC2(C)C1CCC1(C)C2CCC2C3CCCC3(CNCCN(CCO)CCO)CC[C@]21C. The average molecular weight is 707 g/mol. The lowest BCUT2D eigenvalue weighted by Gasteiger charge is -2.72. The molecular formula is C45H74N2O4. The second kappa shape index (κ2) is 17.0. The highest BCUT2D eigenvalue weighted by atomic mass is 16.4. The van der Waals surface area contributed by atoms with Crippen molar-refractivity contribution in [1.82, 2.24) is 10.2 Å². The van der Waals surface area contributed by atoms with Gasteiger partial charge in [0.25, 0.3) is 0 Å². The van der Waals surface area contributed by atoms with Crippen molar-refractivity contribution in [3.05, 3.63) is 54.1 Å². The number of carboxylic acids is 1. The zero-order valence-corrected chi connectivity index (χ0v) is 33.7. The topological polar surface area (TPSA) is 93.0 Å². The summed E-state index contributed by atoms with van der Waals surface area (Å²) in [7, 11) is 0. The van der Waals surface area contributed by atoms with Gasteiger partial charge in [0.05, 0.1) is 18.8 Å². The van der Waals surface area contributed by atoms with E-state index in [0.29, 0.717) is 40.8 Å². The van der Waals surface area contributed by atoms with Crippen LogP contribution >= 0.6 is 0 Å². The summed E-state index contributed by atoms with van der Waals surface area (Å²) in [6, 6.07) is 7.61. The Morgan fingerprint density at radius 2 is 1.51 bits per heavy atom. The van der Waals surface area contributed by atoms with Gasteiger partial charge in [0.2, 0.25) is 0 Å². The van der Waals surface area contributed by atoms with Crippen LogP contribution in [0.4, 0.5) is 0 Å². The van der Waals surface area contributed by atoms with Crippen LogP contribution in [0, 0.1) is 50.7 Å². The van der Waals surface area contributed by atoms with Gasteiger partial charge in [-0.05, 0) is 139 Å². The predicted octanol–water partition coefficient (Wildman–Crippen LogP) is 9.33. The van der Waals surface area contributed by atoms with Gasteiger partial charge in [-0.15, -0.1) is 6.58 Å². The van der Waals surface area contributed by atoms with E-state index >= 15 is 0 Å². The maximum Gasteiger partial charge on any atom is 0.335 e. The molecule has 6 rings (SSSR count). The molecule has 0 saturated heterocycles. The summed E-state index contributed by atoms with van der Waals surface area (Å²) < 4.78 is 0. The first kappa shape index (κ1) is 41.8. The number of hydrogen-bond donors (Lipinski definition) is 4. The molecule has 0 bridgehead atoms. The number of aromatic carboxylic acids is 1. The Morgan fingerprint density at radius 3 is 2.12 bits per heavy atom. The highest BCUT2D eigenvalue weighted by Gasteiger charge is 2.69. The molecule has 6 heteroatoms. The molecule has 1 aromatic rings. The number of nitrogens with zero attached hydrogens (tertiary/aromatic N) is 1. The van der Waals surface area contributed by atoms with Crippen LogP contribution in [0.15, 0.2) is 43.0 Å². The number of carbonyl (C=O) groups is 1. The van der Waals surface area contributed by atoms with Gasteiger partial charge in [-0.1, -0.05) is 79.2 Å². The van der Waals surface area contributed by atoms with Crippen LogP contribution in [0.5, 0.6) is 0 Å². The molecule has 4 saturated carbocycles. The molecule has 51 heavy (non-hydrogen) atoms. The number of fused-ring (bicyclic) bond motifs is 7. The fraction of sp³-hybridized carbons (Fsp3) is 0.756. The fourth-order valence-electron chi connectivity index (χ4n) is 13.1. The van der Waals surface area contributed by atoms with E-state index in [1.165, 1.54) is 68.9 Å². The number of nitrogens with one attached hydrogen (secondary N) is 1. The molecule has 4 N–H and O–H groups in total. The third kappa shape index (κ3) is 7.55. The molecule has 6 nitrogen and oxygen atoms in total. The molecule has 1 aromatic carbocycles. The van der Waals surface area contributed by atoms with Crippen LogP contribution in [0.25, 0.3) is 5.57 Å². The van der Waals surface area contributed by atoms with Crippen molar-refractivity contribution in [3.8, 4) is 0 Å². The van der Waals surface area contributed by atoms with Crippen LogP contribution in [-0.2, 0) is 0 Å². The average Bonchev–Trinajstić information content (AvgIpc) is 3.52. The second-order valence-corrected chi connectivity index (χ2v) is 17.8. The molecule has 7 unspecified atom stereocenters. The predicted molar refractivity (Wildman–Crippen MR) is 213 cm³/mol. The minimum Gasteiger partial charge on any atom is -0.478 e. The molecule has 0 heterocycles. The number of aliphatic hydroxyl groups is 2. The minimum atomic E-state index is -0.861. The summed E-state index contributed by atoms with van der Waals surface area (Å²) >= 11 is 0. The Labute approximate surface area is 311 Å². The van der Waals surface area contributed by atoms with Crippen molar-refractivity contribution in [2.24, 2.45) is 50.7 Å². The maximum atomic E-state index is 11.5. The molecule has 288 valence electrons. The van der Waals surface area contributed by atoms with E-state index in [0.717, 1.165) is 43.8 Å². The number of hydrogen-bond acceptors (Lipinski definition) is 5. The van der Waals surface area contributed by atoms with Crippen LogP contribution in [-0.4, -0.2) is 72.1 Å². The smallest absolute Gasteiger partial charge is 0.335 e. The zero-order valence-electron chi connectivity index (χ0n) is 33.7. The highest BCUT2D eigenvalue weighted by Crippen LogP contribution is 2.77. The van der Waals surface area contributed by atoms with Crippen LogP contribution in [0.3, 0.4) is 0 Å². The second-order valence-electron chi connectivity index (χ2n) is 17.8. The number of benzene rings is 1. The van der Waals surface area contributed by atoms with Crippen LogP contribution in [0.1, 0.15) is 136 Å². The molecule has 0 aromatic heterocycles. The first-order valence-corrected chi connectivity index (χ1v) is 20.5. The molecule has 0 aliphatic heterocycles. The van der Waals surface area contributed by atoms with Crippen molar-refractivity contribution >= 4 is 11.5 Å². The van der Waals surface area contributed by atoms with Crippen LogP contribution in [0.2, 0.25) is 0 Å². The Balaban J connectivity index is 0.00000111. The van der Waals surface area contributed by atoms with E-state index in [1.807, 2.05) is 32.9 Å². The normalized spacial score (nSPS) is 36.1. The van der Waals surface area contributed by atoms with Gasteiger partial charge in [-0.2, -0.15) is 0 Å². The standard InChI is InChI=1S/C40H62N2O4.C3H6.C2H6/c1-36(2)30(28-8-10-29(11-9-28)35(45)46)14-17-37(3)33(36)15-18-39(5)34(37)13-12-31-32-7-6-16-40(32,20-19-38(31,39)4)27-41-21-22-42(23-25-43)24-26-44;1-3-2;1-2/h8-11,14,31-34,41,43-44H,6-7,12-13,15-27H2,1-5H3,(H,45,46);3H,1H2,2H3;1-2H3/t31?,32?,33?,34?,37?,38-,39?,40?;;/m1../s1. The Kier molecular flexibility index (Phi) is 13.9. The monoisotopic (exact) mass is 707 g/mol. The summed E-state index contributed by atoms with van der Waals surface area (Å²) in [6.45, 7) is 26.7. The van der Waals surface area contributed by atoms with Gasteiger partial charge in [-0.25, -0.2) is 4.79 Å². The van der Waals surface area contributed by atoms with Crippen molar-refractivity contribution in [3.63, 3.8) is 0 Å². The molecule has 4 fully saturated rings. The Bertz CT molecular complexity index is 1330. The molecule has 0 spiro atoms. The first-order chi connectivity index (χ1) is 24.3. The number of aliphatic hydroxyl groups excluding tert-OH is 2. The number of carboxylic acid groups (broad SMARTS) is 1. The lowest BCUT2D eigenvalue weighted by molar-refractivity contribution is -0.222. The summed E-state index contributed by atoms with van der Waals surface area (Å²) in [6.07, 6.45) is 17.6. The maximum absolute atomic E-state index is 11.5. The van der Waals surface area contributed by atoms with E-state index in [-0.39, 0.29) is 24.0 Å². The van der Waals surface area contributed by atoms with E-state index < -0.39 is 5.97 Å². The Morgan fingerprint density at radius 1 is 0.863 bits per heavy atom. The van der Waals surface area contributed by atoms with Crippen LogP contribution < -0.4 is 5.32 Å². The van der Waals surface area contributed by atoms with E-state index in [4.69, 9.17) is 0 Å². The van der Waals surface area contributed by atoms with Crippen molar-refractivity contribution in [2.45, 2.75) is 120 Å². The first-order valence-electron chi connectivity index (χ1n) is 20.5. The number of allylic oxidation sites excluding steroid dienone is 3. The summed E-state index contributed by atoms with van der Waals surface area (Å²) in [5.74, 6) is 2.11. The molecule has 0 amide bonds. The number of rotatable bonds is 11. The van der Waals surface area contributed by atoms with Gasteiger partial charge in [0.15, 0.2) is 0 Å². The summed E-state index contributed by atoms with van der Waals surface area (Å²) in [5, 5.41) is 32.1. The summed E-state index contributed by atoms with van der Waals surface area (Å²) in [4.78, 5) is 13.7. The van der Waals surface area contributed by atoms with Gasteiger partial charge in [-0.3, -0.25) is 4.90 Å². The third-order valence-corrected chi connectivity index (χ3v) is 15.5. The molecular weight excluding hydrogens is 633 g/mol. The quantitative estimate of drug-likeness (QED) is 0.135. The molecule has 5 aliphatic rings. The molecule has 5 aliphatic carbocycles. The minimum absolute atomic E-state index is 0.0413. The fourth-order valence-corrected chi connectivity index (χ4v) is 13.1. The van der Waals surface area contributed by atoms with Gasteiger partial charge in [0, 0.05) is 32.7 Å². The molecule has 0 radical (unpaired) electrons. The lowest BCUT2D eigenvalue weighted by Crippen LogP contribution is -2.65. The van der Waals surface area contributed by atoms with Crippen molar-refractivity contribution in [1.29, 1.82) is 0 Å². The highest BCUT2D eigenvalue weighted by molar-refractivity contribution is 5.88. The van der Waals surface area contributed by atoms with Crippen molar-refractivity contribution < 1.29 is 20.1 Å². The van der Waals surface area contributed by atoms with Gasteiger partial charge in [0.1, 0.15) is 0 Å².